The number of nitrogens with zero attached hydrogens (tertiary/aromatic N) is 7. The summed E-state index contributed by atoms with van der Waals surface area (Å²) < 4.78 is 14.7. The van der Waals surface area contributed by atoms with Gasteiger partial charge in [-0.2, -0.15) is 19.0 Å². The van der Waals surface area contributed by atoms with E-state index in [1.165, 1.54) is 18.7 Å². The molecule has 0 unspecified atom stereocenters. The van der Waals surface area contributed by atoms with Crippen LogP contribution in [0.1, 0.15) is 51.1 Å². The Hall–Kier alpha value is -4.26. The second-order valence-corrected chi connectivity index (χ2v) is 9.94. The molecule has 4 aromatic rings. The Kier molecular flexibility index (Phi) is 8.92. The van der Waals surface area contributed by atoms with Gasteiger partial charge in [0.25, 0.3) is 0 Å². The Bertz CT molecular complexity index is 1390. The lowest BCUT2D eigenvalue weighted by Gasteiger charge is -2.18. The van der Waals surface area contributed by atoms with Gasteiger partial charge < -0.3 is 25.3 Å². The summed E-state index contributed by atoms with van der Waals surface area (Å²) in [6.45, 7) is 9.58. The zero-order valence-electron chi connectivity index (χ0n) is 22.8. The molecular weight excluding hydrogens is 502 g/mol. The number of hydrogen-bond acceptors (Lipinski definition) is 10. The van der Waals surface area contributed by atoms with Gasteiger partial charge in [0, 0.05) is 49.4 Å². The number of carbonyl (C=O) groups is 1. The summed E-state index contributed by atoms with van der Waals surface area (Å²) in [4.78, 5) is 20.9. The first-order valence-corrected chi connectivity index (χ1v) is 13.0. The van der Waals surface area contributed by atoms with Gasteiger partial charge in [-0.05, 0) is 39.7 Å². The summed E-state index contributed by atoms with van der Waals surface area (Å²) in [6.07, 6.45) is 7.68. The van der Waals surface area contributed by atoms with Crippen molar-refractivity contribution in [1.29, 1.82) is 0 Å². The van der Waals surface area contributed by atoms with E-state index >= 15 is 0 Å². The van der Waals surface area contributed by atoms with E-state index < -0.39 is 11.7 Å². The van der Waals surface area contributed by atoms with Gasteiger partial charge >= 0.3 is 6.09 Å². The fraction of sp³-hybridized carbons (Fsp3) is 0.462. The number of carbonyl (C=O) groups excluding carboxylic acids is 1. The summed E-state index contributed by atoms with van der Waals surface area (Å²) in [6, 6.07) is 5.51. The first-order chi connectivity index (χ1) is 18.7. The van der Waals surface area contributed by atoms with Crippen molar-refractivity contribution < 1.29 is 19.0 Å². The number of anilines is 2. The summed E-state index contributed by atoms with van der Waals surface area (Å²) in [5.41, 5.74) is 2.09. The van der Waals surface area contributed by atoms with Gasteiger partial charge in [0.15, 0.2) is 23.9 Å². The van der Waals surface area contributed by atoms with Gasteiger partial charge in [-0.25, -0.2) is 14.8 Å². The fourth-order valence-corrected chi connectivity index (χ4v) is 3.74. The molecular formula is C26H35N9O4. The van der Waals surface area contributed by atoms with Crippen LogP contribution in [0.3, 0.4) is 0 Å². The minimum atomic E-state index is -0.596. The molecule has 0 bridgehead atoms. The van der Waals surface area contributed by atoms with Crippen molar-refractivity contribution in [2.75, 3.05) is 30.4 Å². The van der Waals surface area contributed by atoms with E-state index in [0.717, 1.165) is 50.7 Å². The molecule has 0 saturated heterocycles. The molecule has 39 heavy (non-hydrogen) atoms. The molecule has 13 heteroatoms. The standard InChI is InChI=1S/C26H35N9O4/c1-5-20-16-30-35-23(28-15-19-8-6-11-33(37)17-19)14-22(31-24(20)35)27-10-7-12-38-13-9-21-29-18-34(32-21)25(36)39-26(2,3)4/h6,8,11,14,16-18,28H,5,7,9-10,12-13,15H2,1-4H3,(H,27,31). The molecule has 4 heterocycles. The molecule has 4 rings (SSSR count). The second kappa shape index (κ2) is 12.5. The van der Waals surface area contributed by atoms with Crippen LogP contribution in [0.25, 0.3) is 5.65 Å². The topological polar surface area (TPSA) is 147 Å². The van der Waals surface area contributed by atoms with Crippen LogP contribution in [-0.4, -0.2) is 60.8 Å². The first kappa shape index (κ1) is 27.8. The van der Waals surface area contributed by atoms with E-state index in [9.17, 15) is 10.0 Å². The van der Waals surface area contributed by atoms with E-state index in [-0.39, 0.29) is 0 Å². The van der Waals surface area contributed by atoms with Gasteiger partial charge in [0.05, 0.1) is 12.8 Å². The third kappa shape index (κ3) is 7.87. The SMILES string of the molecule is CCc1cnn2c(NCc3ccc[n+]([O-])c3)cc(NCCCOCCc3ncn(C(=O)OC(C)(C)C)n3)nc12. The number of fused-ring (bicyclic) bond motifs is 1. The maximum Gasteiger partial charge on any atom is 0.436 e. The lowest BCUT2D eigenvalue weighted by Crippen LogP contribution is -2.27. The largest absolute Gasteiger partial charge is 0.619 e. The highest BCUT2D eigenvalue weighted by atomic mass is 16.6. The summed E-state index contributed by atoms with van der Waals surface area (Å²) in [5, 5.41) is 26.9. The molecule has 208 valence electrons. The van der Waals surface area contributed by atoms with Crippen LogP contribution in [-0.2, 0) is 28.9 Å². The fourth-order valence-electron chi connectivity index (χ4n) is 3.74. The van der Waals surface area contributed by atoms with E-state index in [4.69, 9.17) is 14.5 Å². The van der Waals surface area contributed by atoms with Crippen molar-refractivity contribution in [3.63, 3.8) is 0 Å². The van der Waals surface area contributed by atoms with Crippen molar-refractivity contribution in [2.45, 2.75) is 59.1 Å². The average molecular weight is 538 g/mol. The van der Waals surface area contributed by atoms with Crippen LogP contribution in [0.4, 0.5) is 16.4 Å². The molecule has 4 aromatic heterocycles. The second-order valence-electron chi connectivity index (χ2n) is 9.94. The van der Waals surface area contributed by atoms with Crippen molar-refractivity contribution in [3.05, 3.63) is 65.3 Å². The normalized spacial score (nSPS) is 11.6. The Balaban J connectivity index is 1.24. The van der Waals surface area contributed by atoms with Crippen LogP contribution < -0.4 is 15.4 Å². The van der Waals surface area contributed by atoms with Crippen LogP contribution in [0.5, 0.6) is 0 Å². The highest BCUT2D eigenvalue weighted by molar-refractivity contribution is 5.69. The number of ether oxygens (including phenoxy) is 2. The average Bonchev–Trinajstić information content (AvgIpc) is 3.53. The quantitative estimate of drug-likeness (QED) is 0.157. The van der Waals surface area contributed by atoms with Gasteiger partial charge in [0.1, 0.15) is 23.6 Å². The van der Waals surface area contributed by atoms with Crippen LogP contribution in [0.2, 0.25) is 0 Å². The van der Waals surface area contributed by atoms with Crippen LogP contribution >= 0.6 is 0 Å². The molecule has 0 fully saturated rings. The highest BCUT2D eigenvalue weighted by Gasteiger charge is 2.19. The summed E-state index contributed by atoms with van der Waals surface area (Å²) in [7, 11) is 0. The molecule has 0 amide bonds. The van der Waals surface area contributed by atoms with Crippen molar-refractivity contribution in [3.8, 4) is 0 Å². The maximum absolute atomic E-state index is 12.0. The monoisotopic (exact) mass is 537 g/mol. The lowest BCUT2D eigenvalue weighted by molar-refractivity contribution is -0.605. The van der Waals surface area contributed by atoms with Crippen molar-refractivity contribution >= 4 is 23.4 Å². The molecule has 0 aliphatic carbocycles. The number of hydrogen-bond donors (Lipinski definition) is 2. The Labute approximate surface area is 226 Å². The smallest absolute Gasteiger partial charge is 0.436 e. The molecule has 0 spiro atoms. The van der Waals surface area contributed by atoms with E-state index in [2.05, 4.69) is 32.7 Å². The predicted molar refractivity (Wildman–Crippen MR) is 144 cm³/mol. The third-order valence-corrected chi connectivity index (χ3v) is 5.60. The number of aromatic nitrogens is 7. The van der Waals surface area contributed by atoms with E-state index in [1.54, 1.807) is 31.4 Å². The van der Waals surface area contributed by atoms with E-state index in [0.29, 0.717) is 38.5 Å². The number of rotatable bonds is 12. The molecule has 0 aromatic carbocycles. The van der Waals surface area contributed by atoms with Crippen molar-refractivity contribution in [2.24, 2.45) is 0 Å². The van der Waals surface area contributed by atoms with Gasteiger partial charge in [0.2, 0.25) is 0 Å². The zero-order valence-corrected chi connectivity index (χ0v) is 22.8. The molecule has 0 aliphatic heterocycles. The molecule has 0 aliphatic rings. The third-order valence-electron chi connectivity index (χ3n) is 5.60. The predicted octanol–water partition coefficient (Wildman–Crippen LogP) is 2.97. The summed E-state index contributed by atoms with van der Waals surface area (Å²) in [5.74, 6) is 2.02. The lowest BCUT2D eigenvalue weighted by atomic mass is 10.2. The number of nitrogens with one attached hydrogen (secondary N) is 2. The first-order valence-electron chi connectivity index (χ1n) is 13.0. The Morgan fingerprint density at radius 1 is 1.23 bits per heavy atom. The van der Waals surface area contributed by atoms with Crippen LogP contribution in [0, 0.1) is 5.21 Å². The molecule has 0 saturated carbocycles. The zero-order chi connectivity index (χ0) is 27.8. The molecule has 2 N–H and O–H groups in total. The minimum Gasteiger partial charge on any atom is -0.619 e. The van der Waals surface area contributed by atoms with E-state index in [1.807, 2.05) is 18.3 Å². The summed E-state index contributed by atoms with van der Waals surface area (Å²) >= 11 is 0. The maximum atomic E-state index is 12.0. The van der Waals surface area contributed by atoms with Crippen molar-refractivity contribution in [1.82, 2.24) is 29.4 Å². The Morgan fingerprint density at radius 3 is 2.85 bits per heavy atom. The van der Waals surface area contributed by atoms with Gasteiger partial charge in [-0.15, -0.1) is 5.10 Å². The van der Waals surface area contributed by atoms with Crippen LogP contribution in [0.15, 0.2) is 43.1 Å². The minimum absolute atomic E-state index is 0.440. The molecule has 0 radical (unpaired) electrons. The molecule has 13 nitrogen and oxygen atoms in total. The number of aryl methyl sites for hydroxylation is 1. The van der Waals surface area contributed by atoms with Gasteiger partial charge in [-0.1, -0.05) is 6.92 Å². The highest BCUT2D eigenvalue weighted by Crippen LogP contribution is 2.20. The molecule has 0 atom stereocenters. The van der Waals surface area contributed by atoms with Gasteiger partial charge in [-0.3, -0.25) is 0 Å². The Morgan fingerprint density at radius 2 is 2.08 bits per heavy atom. The number of pyridine rings is 1.